The van der Waals surface area contributed by atoms with E-state index in [9.17, 15) is 4.79 Å². The Balaban J connectivity index is 0.000000816. The van der Waals surface area contributed by atoms with Crippen LogP contribution in [0.15, 0.2) is 48.5 Å². The zero-order valence-corrected chi connectivity index (χ0v) is 13.7. The Labute approximate surface area is 137 Å². The Morgan fingerprint density at radius 2 is 1.57 bits per heavy atom. The molecule has 2 rings (SSSR count). The highest BCUT2D eigenvalue weighted by molar-refractivity contribution is 5.71. The molecule has 0 fully saturated rings. The molecule has 0 amide bonds. The molecule has 2 aromatic carbocycles. The minimum Gasteiger partial charge on any atom is -0.478 e. The SMILES string of the molecule is CCC.COC(=O)COc1ccccc1Oc1ccc(N)cc1. The normalized spacial score (nSPS) is 9.35. The molecule has 0 bridgehead atoms. The molecule has 0 unspecified atom stereocenters. The molecule has 0 aromatic heterocycles. The molecular weight excluding hydrogens is 294 g/mol. The van der Waals surface area contributed by atoms with Crippen molar-refractivity contribution in [3.63, 3.8) is 0 Å². The molecule has 0 radical (unpaired) electrons. The number of carbonyl (C=O) groups excluding carboxylic acids is 1. The molecule has 0 aliphatic heterocycles. The molecule has 0 heterocycles. The van der Waals surface area contributed by atoms with E-state index in [0.29, 0.717) is 22.9 Å². The Morgan fingerprint density at radius 1 is 1.00 bits per heavy atom. The summed E-state index contributed by atoms with van der Waals surface area (Å²) in [6.45, 7) is 4.08. The molecule has 5 nitrogen and oxygen atoms in total. The van der Waals surface area contributed by atoms with Crippen LogP contribution in [-0.2, 0) is 9.53 Å². The second kappa shape index (κ2) is 10.1. The number of carbonyl (C=O) groups is 1. The number of esters is 1. The van der Waals surface area contributed by atoms with Crippen molar-refractivity contribution in [2.45, 2.75) is 20.3 Å². The summed E-state index contributed by atoms with van der Waals surface area (Å²) in [7, 11) is 1.31. The van der Waals surface area contributed by atoms with Gasteiger partial charge in [0.2, 0.25) is 0 Å². The molecule has 2 aromatic rings. The summed E-state index contributed by atoms with van der Waals surface area (Å²) in [6, 6.07) is 14.1. The fraction of sp³-hybridized carbons (Fsp3) is 0.278. The molecule has 0 spiro atoms. The van der Waals surface area contributed by atoms with Gasteiger partial charge in [0.05, 0.1) is 7.11 Å². The Morgan fingerprint density at radius 3 is 2.13 bits per heavy atom. The van der Waals surface area contributed by atoms with E-state index in [1.807, 2.05) is 6.07 Å². The second-order valence-corrected chi connectivity index (χ2v) is 4.69. The highest BCUT2D eigenvalue weighted by Gasteiger charge is 2.08. The number of anilines is 1. The first-order valence-corrected chi connectivity index (χ1v) is 7.42. The Hall–Kier alpha value is -2.69. The molecule has 0 aliphatic rings. The number of benzene rings is 2. The van der Waals surface area contributed by atoms with E-state index in [-0.39, 0.29) is 6.61 Å². The lowest BCUT2D eigenvalue weighted by molar-refractivity contribution is -0.142. The van der Waals surface area contributed by atoms with Gasteiger partial charge in [0.15, 0.2) is 18.1 Å². The van der Waals surface area contributed by atoms with Crippen molar-refractivity contribution in [3.05, 3.63) is 48.5 Å². The van der Waals surface area contributed by atoms with Crippen LogP contribution in [0.4, 0.5) is 5.69 Å². The summed E-state index contributed by atoms with van der Waals surface area (Å²) >= 11 is 0. The molecule has 0 saturated heterocycles. The van der Waals surface area contributed by atoms with Crippen LogP contribution in [0.25, 0.3) is 0 Å². The fourth-order valence-electron chi connectivity index (χ4n) is 1.51. The third kappa shape index (κ3) is 6.74. The van der Waals surface area contributed by atoms with Crippen LogP contribution in [0.2, 0.25) is 0 Å². The lowest BCUT2D eigenvalue weighted by atomic mass is 10.3. The Bertz CT molecular complexity index is 596. The minimum atomic E-state index is -0.452. The van der Waals surface area contributed by atoms with Crippen molar-refractivity contribution < 1.29 is 19.0 Å². The van der Waals surface area contributed by atoms with Gasteiger partial charge in [-0.1, -0.05) is 32.4 Å². The largest absolute Gasteiger partial charge is 0.478 e. The van der Waals surface area contributed by atoms with Crippen molar-refractivity contribution in [1.29, 1.82) is 0 Å². The van der Waals surface area contributed by atoms with Crippen LogP contribution in [0.1, 0.15) is 20.3 Å². The van der Waals surface area contributed by atoms with Gasteiger partial charge in [-0.25, -0.2) is 4.79 Å². The molecule has 23 heavy (non-hydrogen) atoms. The van der Waals surface area contributed by atoms with Crippen molar-refractivity contribution in [2.75, 3.05) is 19.5 Å². The van der Waals surface area contributed by atoms with E-state index in [0.717, 1.165) is 0 Å². The van der Waals surface area contributed by atoms with Crippen LogP contribution in [0.5, 0.6) is 17.2 Å². The average Bonchev–Trinajstić information content (AvgIpc) is 2.56. The van der Waals surface area contributed by atoms with Gasteiger partial charge in [0, 0.05) is 5.69 Å². The second-order valence-electron chi connectivity index (χ2n) is 4.69. The highest BCUT2D eigenvalue weighted by atomic mass is 16.6. The number of rotatable bonds is 5. The van der Waals surface area contributed by atoms with Crippen LogP contribution in [0, 0.1) is 0 Å². The highest BCUT2D eigenvalue weighted by Crippen LogP contribution is 2.31. The van der Waals surface area contributed by atoms with Crippen molar-refractivity contribution in [3.8, 4) is 17.2 Å². The summed E-state index contributed by atoms with van der Waals surface area (Å²) in [6.07, 6.45) is 1.25. The predicted octanol–water partition coefficient (Wildman–Crippen LogP) is 4.03. The van der Waals surface area contributed by atoms with E-state index in [4.69, 9.17) is 15.2 Å². The molecule has 0 saturated carbocycles. The molecule has 0 atom stereocenters. The monoisotopic (exact) mass is 317 g/mol. The predicted molar refractivity (Wildman–Crippen MR) is 90.8 cm³/mol. The summed E-state index contributed by atoms with van der Waals surface area (Å²) in [5.41, 5.74) is 6.27. The standard InChI is InChI=1S/C15H15NO4.C3H8/c1-18-15(17)10-19-13-4-2-3-5-14(13)20-12-8-6-11(16)7-9-12;1-3-2/h2-9H,10,16H2,1H3;3H2,1-2H3. The van der Waals surface area contributed by atoms with Crippen LogP contribution < -0.4 is 15.2 Å². The first-order valence-electron chi connectivity index (χ1n) is 7.42. The summed E-state index contributed by atoms with van der Waals surface area (Å²) in [5, 5.41) is 0. The molecule has 2 N–H and O–H groups in total. The third-order valence-corrected chi connectivity index (χ3v) is 2.53. The summed E-state index contributed by atoms with van der Waals surface area (Å²) < 4.78 is 15.6. The molecule has 124 valence electrons. The van der Waals surface area contributed by atoms with Gasteiger partial charge >= 0.3 is 5.97 Å². The Kier molecular flexibility index (Phi) is 8.07. The van der Waals surface area contributed by atoms with Crippen LogP contribution >= 0.6 is 0 Å². The van der Waals surface area contributed by atoms with Gasteiger partial charge in [-0.15, -0.1) is 0 Å². The van der Waals surface area contributed by atoms with Crippen molar-refractivity contribution in [2.24, 2.45) is 0 Å². The lowest BCUT2D eigenvalue weighted by Crippen LogP contribution is -2.12. The third-order valence-electron chi connectivity index (χ3n) is 2.53. The van der Waals surface area contributed by atoms with Gasteiger partial charge in [-0.05, 0) is 36.4 Å². The molecule has 0 aliphatic carbocycles. The first kappa shape index (κ1) is 18.4. The van der Waals surface area contributed by atoms with Gasteiger partial charge in [0.1, 0.15) is 5.75 Å². The van der Waals surface area contributed by atoms with Gasteiger partial charge in [-0.2, -0.15) is 0 Å². The number of ether oxygens (including phenoxy) is 3. The van der Waals surface area contributed by atoms with Crippen molar-refractivity contribution in [1.82, 2.24) is 0 Å². The summed E-state index contributed by atoms with van der Waals surface area (Å²) in [4.78, 5) is 11.1. The maximum atomic E-state index is 11.1. The van der Waals surface area contributed by atoms with E-state index >= 15 is 0 Å². The smallest absolute Gasteiger partial charge is 0.343 e. The maximum Gasteiger partial charge on any atom is 0.343 e. The van der Waals surface area contributed by atoms with E-state index in [2.05, 4.69) is 18.6 Å². The number of para-hydroxylation sites is 2. The number of hydrogen-bond acceptors (Lipinski definition) is 5. The van der Waals surface area contributed by atoms with Gasteiger partial charge in [-0.3, -0.25) is 0 Å². The maximum absolute atomic E-state index is 11.1. The quantitative estimate of drug-likeness (QED) is 0.666. The minimum absolute atomic E-state index is 0.168. The molecular formula is C18H23NO4. The average molecular weight is 317 g/mol. The number of nitrogens with two attached hydrogens (primary N) is 1. The number of methoxy groups -OCH3 is 1. The van der Waals surface area contributed by atoms with E-state index in [1.54, 1.807) is 42.5 Å². The van der Waals surface area contributed by atoms with Crippen LogP contribution in [-0.4, -0.2) is 19.7 Å². The summed E-state index contributed by atoms with van der Waals surface area (Å²) in [5.74, 6) is 1.16. The van der Waals surface area contributed by atoms with E-state index in [1.165, 1.54) is 13.5 Å². The number of hydrogen-bond donors (Lipinski definition) is 1. The van der Waals surface area contributed by atoms with E-state index < -0.39 is 5.97 Å². The van der Waals surface area contributed by atoms with Gasteiger partial charge < -0.3 is 19.9 Å². The zero-order valence-electron chi connectivity index (χ0n) is 13.7. The molecule has 5 heteroatoms. The van der Waals surface area contributed by atoms with Gasteiger partial charge in [0.25, 0.3) is 0 Å². The topological polar surface area (TPSA) is 70.8 Å². The zero-order chi connectivity index (χ0) is 17.1. The lowest BCUT2D eigenvalue weighted by Gasteiger charge is -2.11. The van der Waals surface area contributed by atoms with Crippen LogP contribution in [0.3, 0.4) is 0 Å². The number of nitrogen functional groups attached to an aromatic ring is 1. The fourth-order valence-corrected chi connectivity index (χ4v) is 1.51. The first-order chi connectivity index (χ1) is 11.1. The van der Waals surface area contributed by atoms with Crippen molar-refractivity contribution >= 4 is 11.7 Å².